The highest BCUT2D eigenvalue weighted by Crippen LogP contribution is 2.07. The second kappa shape index (κ2) is 5.50. The summed E-state index contributed by atoms with van der Waals surface area (Å²) >= 11 is 0. The maximum absolute atomic E-state index is 11.5. The third kappa shape index (κ3) is 4.37. The van der Waals surface area contributed by atoms with Crippen molar-refractivity contribution in [3.05, 3.63) is 0 Å². The van der Waals surface area contributed by atoms with E-state index in [-0.39, 0.29) is 11.6 Å². The quantitative estimate of drug-likeness (QED) is 0.765. The maximum Gasteiger partial charge on any atom is 0.409 e. The molecular weight excluding hydrogens is 206 g/mol. The van der Waals surface area contributed by atoms with Crippen molar-refractivity contribution >= 4 is 6.09 Å². The molecule has 1 heterocycles. The molecule has 1 aliphatic heterocycles. The van der Waals surface area contributed by atoms with E-state index in [0.29, 0.717) is 6.61 Å². The van der Waals surface area contributed by atoms with Crippen LogP contribution in [0.25, 0.3) is 0 Å². The Bertz CT molecular complexity index is 230. The van der Waals surface area contributed by atoms with Gasteiger partial charge in [-0.1, -0.05) is 0 Å². The molecule has 0 unspecified atom stereocenters. The summed E-state index contributed by atoms with van der Waals surface area (Å²) in [5, 5.41) is 0. The monoisotopic (exact) mass is 229 g/mol. The largest absolute Gasteiger partial charge is 0.450 e. The minimum atomic E-state index is -0.200. The number of piperazine rings is 1. The molecule has 5 nitrogen and oxygen atoms in total. The van der Waals surface area contributed by atoms with Gasteiger partial charge in [0.25, 0.3) is 0 Å². The van der Waals surface area contributed by atoms with Crippen molar-refractivity contribution in [2.75, 3.05) is 39.3 Å². The van der Waals surface area contributed by atoms with Crippen LogP contribution in [0.3, 0.4) is 0 Å². The number of rotatable bonds is 3. The lowest BCUT2D eigenvalue weighted by Crippen LogP contribution is -2.54. The lowest BCUT2D eigenvalue weighted by Gasteiger charge is -2.37. The number of nitrogens with two attached hydrogens (primary N) is 1. The zero-order chi connectivity index (χ0) is 12.2. The van der Waals surface area contributed by atoms with Gasteiger partial charge in [-0.15, -0.1) is 0 Å². The lowest BCUT2D eigenvalue weighted by molar-refractivity contribution is 0.0750. The first-order valence-electron chi connectivity index (χ1n) is 5.85. The summed E-state index contributed by atoms with van der Waals surface area (Å²) in [4.78, 5) is 15.5. The van der Waals surface area contributed by atoms with Crippen molar-refractivity contribution in [1.29, 1.82) is 0 Å². The number of ether oxygens (including phenoxy) is 1. The van der Waals surface area contributed by atoms with Crippen LogP contribution in [0.2, 0.25) is 0 Å². The molecule has 0 aromatic carbocycles. The number of amides is 1. The Morgan fingerprint density at radius 1 is 1.31 bits per heavy atom. The average Bonchev–Trinajstić information content (AvgIpc) is 2.16. The minimum absolute atomic E-state index is 0.175. The zero-order valence-corrected chi connectivity index (χ0v) is 10.5. The standard InChI is InChI=1S/C11H23N3O2/c1-4-16-10(15)14-7-5-13(6-8-14)9-11(2,3)12/h4-9,12H2,1-3H3. The van der Waals surface area contributed by atoms with Crippen molar-refractivity contribution in [2.45, 2.75) is 26.3 Å². The van der Waals surface area contributed by atoms with Crippen LogP contribution >= 0.6 is 0 Å². The molecule has 1 aliphatic rings. The van der Waals surface area contributed by atoms with Gasteiger partial charge in [0.1, 0.15) is 0 Å². The first kappa shape index (κ1) is 13.3. The molecule has 1 rings (SSSR count). The highest BCUT2D eigenvalue weighted by Gasteiger charge is 2.24. The molecular formula is C11H23N3O2. The first-order valence-corrected chi connectivity index (χ1v) is 5.85. The van der Waals surface area contributed by atoms with Gasteiger partial charge in [-0.2, -0.15) is 0 Å². The van der Waals surface area contributed by atoms with Crippen LogP contribution in [0.4, 0.5) is 4.79 Å². The molecule has 16 heavy (non-hydrogen) atoms. The zero-order valence-electron chi connectivity index (χ0n) is 10.5. The fraction of sp³-hybridized carbons (Fsp3) is 0.909. The Balaban J connectivity index is 2.31. The normalized spacial score (nSPS) is 18.6. The third-order valence-corrected chi connectivity index (χ3v) is 2.53. The van der Waals surface area contributed by atoms with Crippen LogP contribution in [-0.4, -0.2) is 60.8 Å². The minimum Gasteiger partial charge on any atom is -0.450 e. The summed E-state index contributed by atoms with van der Waals surface area (Å²) in [6.45, 7) is 10.4. The van der Waals surface area contributed by atoms with Gasteiger partial charge in [-0.3, -0.25) is 4.90 Å². The molecule has 1 amide bonds. The van der Waals surface area contributed by atoms with Gasteiger partial charge < -0.3 is 15.4 Å². The Morgan fingerprint density at radius 2 is 1.88 bits per heavy atom. The van der Waals surface area contributed by atoms with Gasteiger partial charge in [0.05, 0.1) is 6.61 Å². The van der Waals surface area contributed by atoms with Crippen LogP contribution in [-0.2, 0) is 4.74 Å². The third-order valence-electron chi connectivity index (χ3n) is 2.53. The molecule has 2 N–H and O–H groups in total. The van der Waals surface area contributed by atoms with Crippen LogP contribution in [0.15, 0.2) is 0 Å². The second-order valence-corrected chi connectivity index (χ2v) is 4.95. The molecule has 0 radical (unpaired) electrons. The summed E-state index contributed by atoms with van der Waals surface area (Å²) in [7, 11) is 0. The van der Waals surface area contributed by atoms with E-state index in [2.05, 4.69) is 4.90 Å². The average molecular weight is 229 g/mol. The Hall–Kier alpha value is -0.810. The Morgan fingerprint density at radius 3 is 2.31 bits per heavy atom. The molecule has 0 spiro atoms. The molecule has 5 heteroatoms. The topological polar surface area (TPSA) is 58.8 Å². The van der Waals surface area contributed by atoms with Gasteiger partial charge in [0, 0.05) is 38.3 Å². The molecule has 0 bridgehead atoms. The fourth-order valence-corrected chi connectivity index (χ4v) is 1.88. The van der Waals surface area contributed by atoms with Crippen molar-refractivity contribution in [3.8, 4) is 0 Å². The molecule has 1 saturated heterocycles. The molecule has 0 aliphatic carbocycles. The van der Waals surface area contributed by atoms with E-state index >= 15 is 0 Å². The summed E-state index contributed by atoms with van der Waals surface area (Å²) in [6, 6.07) is 0. The van der Waals surface area contributed by atoms with Crippen molar-refractivity contribution in [2.24, 2.45) is 5.73 Å². The van der Waals surface area contributed by atoms with Crippen molar-refractivity contribution in [1.82, 2.24) is 9.80 Å². The van der Waals surface area contributed by atoms with Gasteiger partial charge in [-0.05, 0) is 20.8 Å². The van der Waals surface area contributed by atoms with E-state index in [0.717, 1.165) is 32.7 Å². The van der Waals surface area contributed by atoms with Crippen LogP contribution < -0.4 is 5.73 Å². The van der Waals surface area contributed by atoms with Gasteiger partial charge in [0.2, 0.25) is 0 Å². The SMILES string of the molecule is CCOC(=O)N1CCN(CC(C)(C)N)CC1. The maximum atomic E-state index is 11.5. The van der Waals surface area contributed by atoms with Crippen LogP contribution in [0.5, 0.6) is 0 Å². The van der Waals surface area contributed by atoms with E-state index in [1.807, 2.05) is 20.8 Å². The van der Waals surface area contributed by atoms with E-state index < -0.39 is 0 Å². The highest BCUT2D eigenvalue weighted by atomic mass is 16.6. The Labute approximate surface area is 97.5 Å². The van der Waals surface area contributed by atoms with Crippen molar-refractivity contribution < 1.29 is 9.53 Å². The van der Waals surface area contributed by atoms with Crippen molar-refractivity contribution in [3.63, 3.8) is 0 Å². The number of carbonyl (C=O) groups is 1. The summed E-state index contributed by atoms with van der Waals surface area (Å²) in [5.74, 6) is 0. The number of nitrogens with zero attached hydrogens (tertiary/aromatic N) is 2. The second-order valence-electron chi connectivity index (χ2n) is 4.95. The smallest absolute Gasteiger partial charge is 0.409 e. The Kier molecular flexibility index (Phi) is 4.56. The molecule has 94 valence electrons. The van der Waals surface area contributed by atoms with E-state index in [4.69, 9.17) is 10.5 Å². The van der Waals surface area contributed by atoms with E-state index in [9.17, 15) is 4.79 Å². The van der Waals surface area contributed by atoms with E-state index in [1.165, 1.54) is 0 Å². The summed E-state index contributed by atoms with van der Waals surface area (Å²) in [6.07, 6.45) is -0.200. The number of carbonyl (C=O) groups excluding carboxylic acids is 1. The molecule has 0 aromatic heterocycles. The highest BCUT2D eigenvalue weighted by molar-refractivity contribution is 5.67. The first-order chi connectivity index (χ1) is 7.42. The van der Waals surface area contributed by atoms with Crippen LogP contribution in [0, 0.1) is 0 Å². The summed E-state index contributed by atoms with van der Waals surface area (Å²) < 4.78 is 4.96. The van der Waals surface area contributed by atoms with Crippen LogP contribution in [0.1, 0.15) is 20.8 Å². The van der Waals surface area contributed by atoms with E-state index in [1.54, 1.807) is 4.90 Å². The molecule has 1 fully saturated rings. The number of hydrogen-bond donors (Lipinski definition) is 1. The molecule has 0 atom stereocenters. The lowest BCUT2D eigenvalue weighted by atomic mass is 10.1. The predicted molar refractivity (Wildman–Crippen MR) is 63.3 cm³/mol. The predicted octanol–water partition coefficient (Wildman–Crippen LogP) is 0.498. The summed E-state index contributed by atoms with van der Waals surface area (Å²) in [5.41, 5.74) is 5.79. The number of hydrogen-bond acceptors (Lipinski definition) is 4. The van der Waals surface area contributed by atoms with Gasteiger partial charge >= 0.3 is 6.09 Å². The molecule has 0 saturated carbocycles. The van der Waals surface area contributed by atoms with Gasteiger partial charge in [0.15, 0.2) is 0 Å². The fourth-order valence-electron chi connectivity index (χ4n) is 1.88. The molecule has 0 aromatic rings. The van der Waals surface area contributed by atoms with Gasteiger partial charge in [-0.25, -0.2) is 4.79 Å².